The minimum Gasteiger partial charge on any atom is -0.444 e. The second kappa shape index (κ2) is 9.53. The van der Waals surface area contributed by atoms with Crippen molar-refractivity contribution < 1.29 is 19.1 Å². The Balaban J connectivity index is 2.59. The normalized spacial score (nSPS) is 11.9. The van der Waals surface area contributed by atoms with Gasteiger partial charge in [-0.25, -0.2) is 4.79 Å². The Hall–Kier alpha value is -2.59. The molecule has 0 bridgehead atoms. The Kier molecular flexibility index (Phi) is 7.72. The van der Waals surface area contributed by atoms with Crippen LogP contribution in [-0.2, 0) is 20.9 Å². The van der Waals surface area contributed by atoms with Crippen LogP contribution >= 0.6 is 0 Å². The molecule has 2 N–H and O–H groups in total. The van der Waals surface area contributed by atoms with Crippen molar-refractivity contribution in [2.24, 2.45) is 0 Å². The van der Waals surface area contributed by atoms with Crippen LogP contribution in [0.5, 0.6) is 0 Å². The Morgan fingerprint density at radius 1 is 1.21 bits per heavy atom. The van der Waals surface area contributed by atoms with E-state index in [1.54, 1.807) is 20.8 Å². The number of alkyl carbamates (subject to hydrolysis) is 1. The smallest absolute Gasteiger partial charge is 0.407 e. The number of nitrogens with zero attached hydrogens (tertiary/aromatic N) is 1. The van der Waals surface area contributed by atoms with Gasteiger partial charge in [-0.15, -0.1) is 0 Å². The zero-order chi connectivity index (χ0) is 18.0. The minimum atomic E-state index is -0.925. The van der Waals surface area contributed by atoms with Gasteiger partial charge in [0.25, 0.3) is 5.91 Å². The first kappa shape index (κ1) is 19.5. The number of benzene rings is 1. The number of rotatable bonds is 7. The third-order valence-electron chi connectivity index (χ3n) is 2.76. The Morgan fingerprint density at radius 2 is 1.88 bits per heavy atom. The van der Waals surface area contributed by atoms with Gasteiger partial charge in [0, 0.05) is 0 Å². The summed E-state index contributed by atoms with van der Waals surface area (Å²) in [6, 6.07) is 11.2. The maximum absolute atomic E-state index is 12.0. The Morgan fingerprint density at radius 3 is 2.46 bits per heavy atom. The average Bonchev–Trinajstić information content (AvgIpc) is 2.52. The van der Waals surface area contributed by atoms with Crippen molar-refractivity contribution in [1.29, 1.82) is 5.26 Å². The SMILES string of the molecule is CC(C)(C)OC(=O)NCC(OCc1ccccc1)C(=O)NCC#N. The molecule has 7 nitrogen and oxygen atoms in total. The topological polar surface area (TPSA) is 100 Å². The lowest BCUT2D eigenvalue weighted by Crippen LogP contribution is -2.45. The fraction of sp³-hybridized carbons (Fsp3) is 0.471. The minimum absolute atomic E-state index is 0.0565. The largest absolute Gasteiger partial charge is 0.444 e. The third kappa shape index (κ3) is 8.15. The highest BCUT2D eigenvalue weighted by Crippen LogP contribution is 2.07. The molecule has 2 amide bonds. The summed E-state index contributed by atoms with van der Waals surface area (Å²) in [6.45, 7) is 5.26. The highest BCUT2D eigenvalue weighted by molar-refractivity contribution is 5.82. The first-order valence-corrected chi connectivity index (χ1v) is 7.59. The number of hydrogen-bond donors (Lipinski definition) is 2. The monoisotopic (exact) mass is 333 g/mol. The number of ether oxygens (including phenoxy) is 2. The summed E-state index contributed by atoms with van der Waals surface area (Å²) in [5.41, 5.74) is 0.265. The van der Waals surface area contributed by atoms with E-state index in [2.05, 4.69) is 10.6 Å². The lowest BCUT2D eigenvalue weighted by Gasteiger charge is -2.22. The standard InChI is InChI=1S/C17H23N3O4/c1-17(2,3)24-16(22)20-11-14(15(21)19-10-9-18)23-12-13-7-5-4-6-8-13/h4-8,14H,10-12H2,1-3H3,(H,19,21)(H,20,22). The molecule has 0 fully saturated rings. The first-order valence-electron chi connectivity index (χ1n) is 7.59. The predicted molar refractivity (Wildman–Crippen MR) is 87.9 cm³/mol. The van der Waals surface area contributed by atoms with Crippen LogP contribution in [0.4, 0.5) is 4.79 Å². The summed E-state index contributed by atoms with van der Waals surface area (Å²) in [5.74, 6) is -0.469. The van der Waals surface area contributed by atoms with Gasteiger partial charge in [-0.3, -0.25) is 4.79 Å². The van der Waals surface area contributed by atoms with E-state index in [-0.39, 0.29) is 19.7 Å². The molecule has 0 spiro atoms. The van der Waals surface area contributed by atoms with E-state index in [1.807, 2.05) is 36.4 Å². The average molecular weight is 333 g/mol. The molecule has 0 aliphatic rings. The highest BCUT2D eigenvalue weighted by atomic mass is 16.6. The Bertz CT molecular complexity index is 576. The van der Waals surface area contributed by atoms with Crippen LogP contribution in [0.3, 0.4) is 0 Å². The third-order valence-corrected chi connectivity index (χ3v) is 2.76. The fourth-order valence-electron chi connectivity index (χ4n) is 1.73. The van der Waals surface area contributed by atoms with Crippen molar-refractivity contribution in [2.75, 3.05) is 13.1 Å². The molecule has 130 valence electrons. The summed E-state index contributed by atoms with van der Waals surface area (Å²) in [4.78, 5) is 23.7. The van der Waals surface area contributed by atoms with Crippen LogP contribution in [-0.4, -0.2) is 36.8 Å². The quantitative estimate of drug-likeness (QED) is 0.740. The summed E-state index contributed by atoms with van der Waals surface area (Å²) in [6.07, 6.45) is -1.56. The molecule has 0 aromatic heterocycles. The van der Waals surface area contributed by atoms with Crippen molar-refractivity contribution in [3.63, 3.8) is 0 Å². The van der Waals surface area contributed by atoms with Crippen LogP contribution in [0.15, 0.2) is 30.3 Å². The maximum Gasteiger partial charge on any atom is 0.407 e. The van der Waals surface area contributed by atoms with E-state index in [9.17, 15) is 9.59 Å². The van der Waals surface area contributed by atoms with Crippen LogP contribution in [0, 0.1) is 11.3 Å². The van der Waals surface area contributed by atoms with Crippen molar-refractivity contribution in [2.45, 2.75) is 39.1 Å². The lowest BCUT2D eigenvalue weighted by molar-refractivity contribution is -0.133. The second-order valence-electron chi connectivity index (χ2n) is 6.04. The molecule has 1 aromatic carbocycles. The number of carbonyl (C=O) groups excluding carboxylic acids is 2. The molecule has 0 saturated carbocycles. The van der Waals surface area contributed by atoms with Crippen molar-refractivity contribution in [3.8, 4) is 6.07 Å². The molecule has 7 heteroatoms. The number of nitrogens with one attached hydrogen (secondary N) is 2. The van der Waals surface area contributed by atoms with Crippen LogP contribution in [0.2, 0.25) is 0 Å². The molecule has 24 heavy (non-hydrogen) atoms. The van der Waals surface area contributed by atoms with Gasteiger partial charge >= 0.3 is 6.09 Å². The number of amides is 2. The molecule has 0 radical (unpaired) electrons. The number of hydrogen-bond acceptors (Lipinski definition) is 5. The fourth-order valence-corrected chi connectivity index (χ4v) is 1.73. The molecule has 0 saturated heterocycles. The van der Waals surface area contributed by atoms with Crippen LogP contribution < -0.4 is 10.6 Å². The summed E-state index contributed by atoms with van der Waals surface area (Å²) >= 11 is 0. The maximum atomic E-state index is 12.0. The van der Waals surface area contributed by atoms with E-state index in [0.29, 0.717) is 0 Å². The molecule has 0 aliphatic heterocycles. The molecule has 1 aromatic rings. The van der Waals surface area contributed by atoms with Gasteiger partial charge in [-0.05, 0) is 26.3 Å². The summed E-state index contributed by atoms with van der Waals surface area (Å²) < 4.78 is 10.7. The van der Waals surface area contributed by atoms with E-state index in [0.717, 1.165) is 5.56 Å². The van der Waals surface area contributed by atoms with Gasteiger partial charge in [0.1, 0.15) is 12.1 Å². The van der Waals surface area contributed by atoms with Gasteiger partial charge in [0.15, 0.2) is 6.10 Å². The summed E-state index contributed by atoms with van der Waals surface area (Å²) in [7, 11) is 0. The van der Waals surface area contributed by atoms with Crippen molar-refractivity contribution in [3.05, 3.63) is 35.9 Å². The van der Waals surface area contributed by atoms with Gasteiger partial charge in [0.05, 0.1) is 19.2 Å². The number of nitriles is 1. The van der Waals surface area contributed by atoms with Crippen molar-refractivity contribution in [1.82, 2.24) is 10.6 Å². The van der Waals surface area contributed by atoms with Gasteiger partial charge in [0.2, 0.25) is 0 Å². The zero-order valence-electron chi connectivity index (χ0n) is 14.2. The van der Waals surface area contributed by atoms with Crippen LogP contribution in [0.25, 0.3) is 0 Å². The van der Waals surface area contributed by atoms with E-state index < -0.39 is 23.7 Å². The Labute approximate surface area is 141 Å². The van der Waals surface area contributed by atoms with Gasteiger partial charge in [-0.1, -0.05) is 30.3 Å². The second-order valence-corrected chi connectivity index (χ2v) is 6.04. The number of carbonyl (C=O) groups is 2. The lowest BCUT2D eigenvalue weighted by atomic mass is 10.2. The molecule has 0 aliphatic carbocycles. The predicted octanol–water partition coefficient (Wildman–Crippen LogP) is 1.74. The van der Waals surface area contributed by atoms with Gasteiger partial charge in [-0.2, -0.15) is 5.26 Å². The summed E-state index contributed by atoms with van der Waals surface area (Å²) in [5, 5.41) is 13.5. The first-order chi connectivity index (χ1) is 11.3. The van der Waals surface area contributed by atoms with Crippen LogP contribution in [0.1, 0.15) is 26.3 Å². The molecular formula is C17H23N3O4. The van der Waals surface area contributed by atoms with Gasteiger partial charge < -0.3 is 20.1 Å². The molecular weight excluding hydrogens is 310 g/mol. The molecule has 0 heterocycles. The van der Waals surface area contributed by atoms with E-state index >= 15 is 0 Å². The molecule has 1 atom stereocenters. The van der Waals surface area contributed by atoms with E-state index in [4.69, 9.17) is 14.7 Å². The zero-order valence-corrected chi connectivity index (χ0v) is 14.2. The van der Waals surface area contributed by atoms with Crippen molar-refractivity contribution >= 4 is 12.0 Å². The highest BCUT2D eigenvalue weighted by Gasteiger charge is 2.22. The van der Waals surface area contributed by atoms with E-state index in [1.165, 1.54) is 0 Å². The molecule has 1 unspecified atom stereocenters. The molecule has 1 rings (SSSR count).